The molecule has 0 unspecified atom stereocenters. The topological polar surface area (TPSA) is 111 Å². The van der Waals surface area contributed by atoms with E-state index in [0.29, 0.717) is 23.7 Å². The summed E-state index contributed by atoms with van der Waals surface area (Å²) in [6, 6.07) is 17.4. The standard InChI is InChI=1S/C22H19N5O4/c28-21(26-19-8-2-1-5-16(19)12-27-15-23-14-24-27)13-31-18-7-3-6-17(11-18)25-22(29)20-9-4-10-30-20/h1-11,14-15H,12-13H2,(H,25,29)(H,26,28). The smallest absolute Gasteiger partial charge is 0.291 e. The van der Waals surface area contributed by atoms with Gasteiger partial charge in [0.1, 0.15) is 18.4 Å². The Kier molecular flexibility index (Phi) is 6.03. The molecule has 0 radical (unpaired) electrons. The van der Waals surface area contributed by atoms with Crippen molar-refractivity contribution in [2.45, 2.75) is 6.54 Å². The van der Waals surface area contributed by atoms with Gasteiger partial charge in [0.15, 0.2) is 12.4 Å². The first-order chi connectivity index (χ1) is 15.2. The number of benzene rings is 2. The van der Waals surface area contributed by atoms with Crippen molar-refractivity contribution in [3.8, 4) is 5.75 Å². The Morgan fingerprint density at radius 2 is 1.94 bits per heavy atom. The lowest BCUT2D eigenvalue weighted by molar-refractivity contribution is -0.118. The van der Waals surface area contributed by atoms with Gasteiger partial charge in [-0.25, -0.2) is 9.67 Å². The molecule has 0 bridgehead atoms. The average molecular weight is 417 g/mol. The molecule has 4 rings (SSSR count). The molecule has 2 aromatic carbocycles. The predicted molar refractivity (Wildman–Crippen MR) is 113 cm³/mol. The molecule has 2 heterocycles. The second-order valence-electron chi connectivity index (χ2n) is 6.55. The molecule has 0 saturated carbocycles. The van der Waals surface area contributed by atoms with Gasteiger partial charge in [0.2, 0.25) is 0 Å². The molecule has 0 aliphatic heterocycles. The van der Waals surface area contributed by atoms with Crippen molar-refractivity contribution in [1.82, 2.24) is 14.8 Å². The van der Waals surface area contributed by atoms with Gasteiger partial charge in [-0.05, 0) is 35.9 Å². The number of ether oxygens (including phenoxy) is 1. The molecule has 0 spiro atoms. The highest BCUT2D eigenvalue weighted by molar-refractivity contribution is 6.02. The molecular weight excluding hydrogens is 398 g/mol. The van der Waals surface area contributed by atoms with Gasteiger partial charge in [0.25, 0.3) is 11.8 Å². The minimum atomic E-state index is -0.371. The van der Waals surface area contributed by atoms with Crippen molar-refractivity contribution < 1.29 is 18.7 Å². The molecular formula is C22H19N5O4. The molecule has 0 fully saturated rings. The lowest BCUT2D eigenvalue weighted by Crippen LogP contribution is -2.21. The van der Waals surface area contributed by atoms with Gasteiger partial charge in [-0.2, -0.15) is 5.10 Å². The molecule has 0 aliphatic carbocycles. The Bertz CT molecular complexity index is 1160. The van der Waals surface area contributed by atoms with Crippen molar-refractivity contribution in [3.63, 3.8) is 0 Å². The van der Waals surface area contributed by atoms with Crippen LogP contribution in [0, 0.1) is 0 Å². The molecule has 2 aromatic heterocycles. The van der Waals surface area contributed by atoms with Crippen LogP contribution in [-0.4, -0.2) is 33.2 Å². The fraction of sp³-hybridized carbons (Fsp3) is 0.0909. The summed E-state index contributed by atoms with van der Waals surface area (Å²) in [6.07, 6.45) is 4.50. The van der Waals surface area contributed by atoms with E-state index >= 15 is 0 Å². The normalized spacial score (nSPS) is 10.5. The highest BCUT2D eigenvalue weighted by Gasteiger charge is 2.11. The van der Waals surface area contributed by atoms with Gasteiger partial charge >= 0.3 is 0 Å². The van der Waals surface area contributed by atoms with Gasteiger partial charge in [-0.15, -0.1) is 0 Å². The van der Waals surface area contributed by atoms with Crippen LogP contribution in [0.1, 0.15) is 16.1 Å². The number of amides is 2. The zero-order valence-electron chi connectivity index (χ0n) is 16.4. The maximum atomic E-state index is 12.4. The summed E-state index contributed by atoms with van der Waals surface area (Å²) in [5.41, 5.74) is 2.09. The van der Waals surface area contributed by atoms with Crippen LogP contribution in [0.3, 0.4) is 0 Å². The van der Waals surface area contributed by atoms with E-state index in [-0.39, 0.29) is 24.2 Å². The molecule has 156 valence electrons. The van der Waals surface area contributed by atoms with Crippen LogP contribution in [-0.2, 0) is 11.3 Å². The van der Waals surface area contributed by atoms with Crippen molar-refractivity contribution in [3.05, 3.63) is 90.9 Å². The zero-order valence-corrected chi connectivity index (χ0v) is 16.4. The molecule has 0 aliphatic rings. The number of hydrogen-bond donors (Lipinski definition) is 2. The second-order valence-corrected chi connectivity index (χ2v) is 6.55. The molecule has 4 aromatic rings. The lowest BCUT2D eigenvalue weighted by atomic mass is 10.2. The minimum Gasteiger partial charge on any atom is -0.484 e. The Labute approximate surface area is 177 Å². The fourth-order valence-electron chi connectivity index (χ4n) is 2.87. The largest absolute Gasteiger partial charge is 0.484 e. The highest BCUT2D eigenvalue weighted by atomic mass is 16.5. The van der Waals surface area contributed by atoms with Gasteiger partial charge in [0.05, 0.1) is 12.8 Å². The van der Waals surface area contributed by atoms with Crippen LogP contribution in [0.2, 0.25) is 0 Å². The van der Waals surface area contributed by atoms with Crippen molar-refractivity contribution in [1.29, 1.82) is 0 Å². The van der Waals surface area contributed by atoms with Crippen molar-refractivity contribution in [2.75, 3.05) is 17.2 Å². The number of aromatic nitrogens is 3. The van der Waals surface area contributed by atoms with E-state index in [4.69, 9.17) is 9.15 Å². The number of carbonyl (C=O) groups is 2. The monoisotopic (exact) mass is 417 g/mol. The summed E-state index contributed by atoms with van der Waals surface area (Å²) >= 11 is 0. The molecule has 2 amide bonds. The number of anilines is 2. The Morgan fingerprint density at radius 1 is 1.03 bits per heavy atom. The third-order valence-electron chi connectivity index (χ3n) is 4.30. The summed E-state index contributed by atoms with van der Waals surface area (Å²) in [5.74, 6) is -0.0292. The van der Waals surface area contributed by atoms with E-state index in [1.165, 1.54) is 12.6 Å². The molecule has 0 atom stereocenters. The number of rotatable bonds is 8. The van der Waals surface area contributed by atoms with Gasteiger partial charge < -0.3 is 19.8 Å². The average Bonchev–Trinajstić information content (AvgIpc) is 3.48. The second kappa shape index (κ2) is 9.40. The number of nitrogens with zero attached hydrogens (tertiary/aromatic N) is 3. The molecule has 9 nitrogen and oxygen atoms in total. The summed E-state index contributed by atoms with van der Waals surface area (Å²) in [6.45, 7) is 0.294. The highest BCUT2D eigenvalue weighted by Crippen LogP contribution is 2.19. The number of para-hydroxylation sites is 1. The molecule has 31 heavy (non-hydrogen) atoms. The number of nitrogens with one attached hydrogen (secondary N) is 2. The molecule has 9 heteroatoms. The first-order valence-corrected chi connectivity index (χ1v) is 9.45. The van der Waals surface area contributed by atoms with E-state index in [2.05, 4.69) is 20.7 Å². The fourth-order valence-corrected chi connectivity index (χ4v) is 2.87. The zero-order chi connectivity index (χ0) is 21.5. The van der Waals surface area contributed by atoms with Gasteiger partial charge in [-0.1, -0.05) is 24.3 Å². The minimum absolute atomic E-state index is 0.187. The quantitative estimate of drug-likeness (QED) is 0.455. The van der Waals surface area contributed by atoms with E-state index in [1.807, 2.05) is 24.3 Å². The van der Waals surface area contributed by atoms with Gasteiger partial charge in [-0.3, -0.25) is 9.59 Å². The van der Waals surface area contributed by atoms with Crippen LogP contribution in [0.25, 0.3) is 0 Å². The summed E-state index contributed by atoms with van der Waals surface area (Å²) in [5, 5.41) is 9.65. The number of carbonyl (C=O) groups excluding carboxylic acids is 2. The predicted octanol–water partition coefficient (Wildman–Crippen LogP) is 3.19. The van der Waals surface area contributed by atoms with Crippen LogP contribution < -0.4 is 15.4 Å². The van der Waals surface area contributed by atoms with Crippen LogP contribution in [0.15, 0.2) is 84.0 Å². The van der Waals surface area contributed by atoms with Crippen molar-refractivity contribution >= 4 is 23.2 Å². The summed E-state index contributed by atoms with van der Waals surface area (Å²) in [7, 11) is 0. The van der Waals surface area contributed by atoms with E-state index in [0.717, 1.165) is 5.56 Å². The molecule has 0 saturated heterocycles. The Balaban J connectivity index is 1.34. The third-order valence-corrected chi connectivity index (χ3v) is 4.30. The number of hydrogen-bond acceptors (Lipinski definition) is 6. The summed E-state index contributed by atoms with van der Waals surface area (Å²) in [4.78, 5) is 28.4. The van der Waals surface area contributed by atoms with Crippen LogP contribution in [0.4, 0.5) is 11.4 Å². The SMILES string of the molecule is O=C(COc1cccc(NC(=O)c2ccco2)c1)Nc1ccccc1Cn1cncn1. The number of furan rings is 1. The van der Waals surface area contributed by atoms with E-state index in [9.17, 15) is 9.59 Å². The van der Waals surface area contributed by atoms with Crippen LogP contribution in [0.5, 0.6) is 5.75 Å². The third kappa shape index (κ3) is 5.36. The van der Waals surface area contributed by atoms with E-state index in [1.54, 1.807) is 47.4 Å². The van der Waals surface area contributed by atoms with E-state index < -0.39 is 0 Å². The Morgan fingerprint density at radius 3 is 2.74 bits per heavy atom. The van der Waals surface area contributed by atoms with Gasteiger partial charge in [0, 0.05) is 17.4 Å². The Hall–Kier alpha value is -4.40. The lowest BCUT2D eigenvalue weighted by Gasteiger charge is -2.12. The molecule has 2 N–H and O–H groups in total. The summed E-state index contributed by atoms with van der Waals surface area (Å²) < 4.78 is 12.3. The first-order valence-electron chi connectivity index (χ1n) is 9.45. The van der Waals surface area contributed by atoms with Crippen LogP contribution >= 0.6 is 0 Å². The maximum absolute atomic E-state index is 12.4. The maximum Gasteiger partial charge on any atom is 0.291 e. The van der Waals surface area contributed by atoms with Crippen molar-refractivity contribution in [2.24, 2.45) is 0 Å². The first kappa shape index (κ1) is 19.9.